The summed E-state index contributed by atoms with van der Waals surface area (Å²) >= 11 is 5.98. The summed E-state index contributed by atoms with van der Waals surface area (Å²) in [6, 6.07) is 6.14. The van der Waals surface area contributed by atoms with Crippen LogP contribution in [0.4, 0.5) is 5.69 Å². The van der Waals surface area contributed by atoms with Gasteiger partial charge >= 0.3 is 0 Å². The Morgan fingerprint density at radius 1 is 1.13 bits per heavy atom. The molecule has 0 N–H and O–H groups in total. The Balaban J connectivity index is 2.07. The highest BCUT2D eigenvalue weighted by molar-refractivity contribution is 6.30. The van der Waals surface area contributed by atoms with Crippen molar-refractivity contribution in [2.75, 3.05) is 0 Å². The van der Waals surface area contributed by atoms with Gasteiger partial charge in [0.2, 0.25) is 0 Å². The average molecular weight is 220 g/mol. The highest BCUT2D eigenvalue weighted by Crippen LogP contribution is 2.46. The number of halogens is 1. The van der Waals surface area contributed by atoms with Gasteiger partial charge in [0.1, 0.15) is 0 Å². The van der Waals surface area contributed by atoms with Crippen LogP contribution in [-0.2, 0) is 5.41 Å². The Kier molecular flexibility index (Phi) is 2.10. The van der Waals surface area contributed by atoms with Gasteiger partial charge in [-0.15, -0.1) is 0 Å². The first-order chi connectivity index (χ1) is 7.30. The van der Waals surface area contributed by atoms with Crippen molar-refractivity contribution in [3.8, 4) is 0 Å². The quantitative estimate of drug-likeness (QED) is 0.618. The molecule has 0 unspecified atom stereocenters. The lowest BCUT2D eigenvalue weighted by molar-refractivity contribution is 0.391. The maximum atomic E-state index is 5.98. The van der Waals surface area contributed by atoms with E-state index >= 15 is 0 Å². The normalized spacial score (nSPS) is 21.9. The zero-order valence-electron chi connectivity index (χ0n) is 8.67. The first kappa shape index (κ1) is 9.41. The van der Waals surface area contributed by atoms with Gasteiger partial charge in [-0.05, 0) is 30.5 Å². The molecule has 1 spiro atoms. The molecule has 15 heavy (non-hydrogen) atoms. The summed E-state index contributed by atoms with van der Waals surface area (Å²) in [5.74, 6) is 0. The fraction of sp³-hybridized carbons (Fsp3) is 0.462. The van der Waals surface area contributed by atoms with E-state index in [-0.39, 0.29) is 5.41 Å². The van der Waals surface area contributed by atoms with Crippen molar-refractivity contribution in [3.63, 3.8) is 0 Å². The highest BCUT2D eigenvalue weighted by atomic mass is 35.5. The van der Waals surface area contributed by atoms with Crippen molar-refractivity contribution in [1.29, 1.82) is 0 Å². The molecule has 1 fully saturated rings. The molecule has 0 aromatic heterocycles. The third kappa shape index (κ3) is 1.41. The van der Waals surface area contributed by atoms with Crippen LogP contribution in [0.5, 0.6) is 0 Å². The van der Waals surface area contributed by atoms with Crippen LogP contribution in [0, 0.1) is 0 Å². The van der Waals surface area contributed by atoms with E-state index in [1.807, 2.05) is 12.1 Å². The Morgan fingerprint density at radius 2 is 1.93 bits per heavy atom. The highest BCUT2D eigenvalue weighted by Gasteiger charge is 2.37. The molecule has 1 saturated carbocycles. The second kappa shape index (κ2) is 3.34. The number of hydrogen-bond donors (Lipinski definition) is 0. The second-order valence-corrected chi connectivity index (χ2v) is 5.07. The Labute approximate surface area is 95.2 Å². The van der Waals surface area contributed by atoms with Crippen molar-refractivity contribution in [3.05, 3.63) is 28.8 Å². The lowest BCUT2D eigenvalue weighted by Crippen LogP contribution is -2.28. The summed E-state index contributed by atoms with van der Waals surface area (Å²) in [6.45, 7) is 0. The number of fused-ring (bicyclic) bond motifs is 2. The van der Waals surface area contributed by atoms with Gasteiger partial charge in [0, 0.05) is 16.7 Å². The number of rotatable bonds is 0. The molecule has 1 aromatic rings. The summed E-state index contributed by atoms with van der Waals surface area (Å²) in [6.07, 6.45) is 8.70. The maximum Gasteiger partial charge on any atom is 0.0682 e. The van der Waals surface area contributed by atoms with Crippen LogP contribution >= 0.6 is 11.6 Å². The molecule has 1 nitrogen and oxygen atoms in total. The first-order valence-corrected chi connectivity index (χ1v) is 6.03. The molecule has 0 amide bonds. The smallest absolute Gasteiger partial charge is 0.0682 e. The third-order valence-corrected chi connectivity index (χ3v) is 3.93. The summed E-state index contributed by atoms with van der Waals surface area (Å²) in [7, 11) is 0. The summed E-state index contributed by atoms with van der Waals surface area (Å²) < 4.78 is 0. The van der Waals surface area contributed by atoms with E-state index < -0.39 is 0 Å². The van der Waals surface area contributed by atoms with E-state index in [2.05, 4.69) is 17.3 Å². The van der Waals surface area contributed by atoms with E-state index in [0.717, 1.165) is 10.7 Å². The van der Waals surface area contributed by atoms with E-state index in [1.165, 1.54) is 37.7 Å². The zero-order chi connectivity index (χ0) is 10.3. The maximum absolute atomic E-state index is 5.98. The average Bonchev–Trinajstić information content (AvgIpc) is 2.58. The van der Waals surface area contributed by atoms with Crippen LogP contribution in [0.3, 0.4) is 0 Å². The molecule has 0 radical (unpaired) electrons. The molecule has 2 aliphatic rings. The van der Waals surface area contributed by atoms with Gasteiger partial charge in [-0.25, -0.2) is 0 Å². The van der Waals surface area contributed by atoms with Crippen LogP contribution in [0.2, 0.25) is 5.02 Å². The molecule has 1 aromatic carbocycles. The van der Waals surface area contributed by atoms with Crippen LogP contribution < -0.4 is 0 Å². The van der Waals surface area contributed by atoms with Gasteiger partial charge in [0.05, 0.1) is 5.69 Å². The minimum atomic E-state index is 0.248. The van der Waals surface area contributed by atoms with E-state index in [4.69, 9.17) is 11.6 Å². The molecule has 1 heterocycles. The monoisotopic (exact) mass is 219 g/mol. The lowest BCUT2D eigenvalue weighted by Gasteiger charge is -2.31. The van der Waals surface area contributed by atoms with Crippen molar-refractivity contribution in [1.82, 2.24) is 0 Å². The molecule has 3 rings (SSSR count). The fourth-order valence-corrected chi connectivity index (χ4v) is 3.04. The minimum Gasteiger partial charge on any atom is -0.260 e. The number of benzene rings is 1. The lowest BCUT2D eigenvalue weighted by atomic mass is 9.71. The third-order valence-electron chi connectivity index (χ3n) is 3.69. The molecular formula is C13H14ClN. The largest absolute Gasteiger partial charge is 0.260 e. The van der Waals surface area contributed by atoms with Gasteiger partial charge in [-0.1, -0.05) is 36.9 Å². The predicted molar refractivity (Wildman–Crippen MR) is 64.4 cm³/mol. The topological polar surface area (TPSA) is 12.4 Å². The molecule has 1 aliphatic heterocycles. The number of aliphatic imine (C=N–C) groups is 1. The first-order valence-electron chi connectivity index (χ1n) is 5.65. The van der Waals surface area contributed by atoms with Crippen LogP contribution in [0.1, 0.15) is 37.7 Å². The predicted octanol–water partition coefficient (Wildman–Crippen LogP) is 4.26. The molecule has 2 heteroatoms. The van der Waals surface area contributed by atoms with Gasteiger partial charge < -0.3 is 0 Å². The second-order valence-electron chi connectivity index (χ2n) is 4.64. The fourth-order valence-electron chi connectivity index (χ4n) is 2.88. The number of nitrogens with zero attached hydrogens (tertiary/aromatic N) is 1. The molecular weight excluding hydrogens is 206 g/mol. The Bertz CT molecular complexity index is 417. The number of hydrogen-bond acceptors (Lipinski definition) is 1. The van der Waals surface area contributed by atoms with Gasteiger partial charge in [-0.3, -0.25) is 4.99 Å². The van der Waals surface area contributed by atoms with Crippen molar-refractivity contribution in [2.45, 2.75) is 37.5 Å². The summed E-state index contributed by atoms with van der Waals surface area (Å²) in [4.78, 5) is 4.53. The van der Waals surface area contributed by atoms with Gasteiger partial charge in [-0.2, -0.15) is 0 Å². The molecule has 0 saturated heterocycles. The standard InChI is InChI=1S/C13H14ClN/c14-10-4-5-11-12(8-10)15-9-13(11)6-2-1-3-7-13/h4-5,8-9H,1-3,6-7H2. The molecule has 0 atom stereocenters. The van der Waals surface area contributed by atoms with Gasteiger partial charge in [0.15, 0.2) is 0 Å². The zero-order valence-corrected chi connectivity index (χ0v) is 9.43. The van der Waals surface area contributed by atoms with Crippen molar-refractivity contribution >= 4 is 23.5 Å². The minimum absolute atomic E-state index is 0.248. The summed E-state index contributed by atoms with van der Waals surface area (Å²) in [5, 5.41) is 0.791. The van der Waals surface area contributed by atoms with E-state index in [9.17, 15) is 0 Å². The molecule has 0 bridgehead atoms. The van der Waals surface area contributed by atoms with E-state index in [1.54, 1.807) is 0 Å². The summed E-state index contributed by atoms with van der Waals surface area (Å²) in [5.41, 5.74) is 2.73. The SMILES string of the molecule is Clc1ccc2c(c1)N=CC21CCCCC1. The van der Waals surface area contributed by atoms with Crippen molar-refractivity contribution in [2.24, 2.45) is 4.99 Å². The molecule has 1 aliphatic carbocycles. The Morgan fingerprint density at radius 3 is 2.73 bits per heavy atom. The Hall–Kier alpha value is -0.820. The molecule has 78 valence electrons. The van der Waals surface area contributed by atoms with Gasteiger partial charge in [0.25, 0.3) is 0 Å². The van der Waals surface area contributed by atoms with Crippen molar-refractivity contribution < 1.29 is 0 Å². The van der Waals surface area contributed by atoms with Crippen LogP contribution in [0.15, 0.2) is 23.2 Å². The van der Waals surface area contributed by atoms with Crippen LogP contribution in [0.25, 0.3) is 0 Å². The van der Waals surface area contributed by atoms with Crippen LogP contribution in [-0.4, -0.2) is 6.21 Å². The van der Waals surface area contributed by atoms with E-state index in [0.29, 0.717) is 0 Å².